The third kappa shape index (κ3) is 3.14. The summed E-state index contributed by atoms with van der Waals surface area (Å²) in [5.74, 6) is 1.16. The summed E-state index contributed by atoms with van der Waals surface area (Å²) in [5.41, 5.74) is 3.14. The lowest BCUT2D eigenvalue weighted by molar-refractivity contribution is -0.134. The van der Waals surface area contributed by atoms with Gasteiger partial charge >= 0.3 is 5.97 Å². The number of hydrogen-bond acceptors (Lipinski definition) is 4. The Bertz CT molecular complexity index is 560. The summed E-state index contributed by atoms with van der Waals surface area (Å²) >= 11 is 0. The van der Waals surface area contributed by atoms with Crippen molar-refractivity contribution < 1.29 is 9.53 Å². The number of rotatable bonds is 2. The molecule has 112 valence electrons. The molecule has 0 spiro atoms. The monoisotopic (exact) mass is 286 g/mol. The summed E-state index contributed by atoms with van der Waals surface area (Å²) in [6, 6.07) is 0. The Kier molecular flexibility index (Phi) is 4.32. The van der Waals surface area contributed by atoms with Crippen molar-refractivity contribution in [2.24, 2.45) is 0 Å². The minimum Gasteiger partial charge on any atom is -0.466 e. The van der Waals surface area contributed by atoms with Crippen LogP contribution in [0.4, 0.5) is 0 Å². The summed E-state index contributed by atoms with van der Waals surface area (Å²) in [5, 5.41) is 0. The van der Waals surface area contributed by atoms with Crippen molar-refractivity contribution in [3.8, 4) is 0 Å². The minimum atomic E-state index is -0.296. The molecule has 4 heteroatoms. The molecule has 0 N–H and O–H groups in total. The maximum atomic E-state index is 11.5. The van der Waals surface area contributed by atoms with Crippen LogP contribution in [0.15, 0.2) is 12.3 Å². The van der Waals surface area contributed by atoms with Crippen LogP contribution < -0.4 is 0 Å². The molecule has 21 heavy (non-hydrogen) atoms. The SMILES string of the molecule is COC(=O)/C=C1\CCCc2cnc(C3CCCCC3)nc21. The smallest absolute Gasteiger partial charge is 0.330 e. The molecule has 0 saturated heterocycles. The van der Waals surface area contributed by atoms with Crippen LogP contribution in [-0.4, -0.2) is 23.0 Å². The maximum absolute atomic E-state index is 11.5. The summed E-state index contributed by atoms with van der Waals surface area (Å²) < 4.78 is 4.76. The zero-order chi connectivity index (χ0) is 14.7. The predicted molar refractivity (Wildman–Crippen MR) is 80.8 cm³/mol. The van der Waals surface area contributed by atoms with E-state index >= 15 is 0 Å². The molecule has 2 aliphatic rings. The van der Waals surface area contributed by atoms with Crippen LogP contribution in [0.5, 0.6) is 0 Å². The first-order valence-corrected chi connectivity index (χ1v) is 7.92. The van der Waals surface area contributed by atoms with Gasteiger partial charge in [0, 0.05) is 18.2 Å². The first-order valence-electron chi connectivity index (χ1n) is 7.92. The highest BCUT2D eigenvalue weighted by Gasteiger charge is 2.22. The van der Waals surface area contributed by atoms with Crippen LogP contribution in [0.25, 0.3) is 5.57 Å². The van der Waals surface area contributed by atoms with Gasteiger partial charge in [-0.1, -0.05) is 19.3 Å². The molecule has 4 nitrogen and oxygen atoms in total. The third-order valence-corrected chi connectivity index (χ3v) is 4.54. The molecule has 0 aromatic carbocycles. The van der Waals surface area contributed by atoms with E-state index in [1.54, 1.807) is 6.08 Å². The van der Waals surface area contributed by atoms with Gasteiger partial charge in [-0.3, -0.25) is 0 Å². The van der Waals surface area contributed by atoms with E-state index in [0.29, 0.717) is 5.92 Å². The Labute approximate surface area is 125 Å². The number of ether oxygens (including phenoxy) is 1. The molecule has 2 aliphatic carbocycles. The number of methoxy groups -OCH3 is 1. The number of nitrogens with zero attached hydrogens (tertiary/aromatic N) is 2. The zero-order valence-corrected chi connectivity index (χ0v) is 12.6. The van der Waals surface area contributed by atoms with Crippen molar-refractivity contribution in [2.45, 2.75) is 57.3 Å². The van der Waals surface area contributed by atoms with Crippen molar-refractivity contribution in [1.29, 1.82) is 0 Å². The van der Waals surface area contributed by atoms with Crippen molar-refractivity contribution in [3.63, 3.8) is 0 Å². The Balaban J connectivity index is 1.92. The highest BCUT2D eigenvalue weighted by atomic mass is 16.5. The number of aromatic nitrogens is 2. The average Bonchev–Trinajstić information content (AvgIpc) is 2.55. The highest BCUT2D eigenvalue weighted by Crippen LogP contribution is 2.34. The maximum Gasteiger partial charge on any atom is 0.330 e. The van der Waals surface area contributed by atoms with Gasteiger partial charge in [0.15, 0.2) is 0 Å². The van der Waals surface area contributed by atoms with Crippen molar-refractivity contribution in [1.82, 2.24) is 9.97 Å². The van der Waals surface area contributed by atoms with Crippen molar-refractivity contribution >= 4 is 11.5 Å². The number of allylic oxidation sites excluding steroid dienone is 1. The second-order valence-electron chi connectivity index (χ2n) is 5.98. The van der Waals surface area contributed by atoms with Gasteiger partial charge in [-0.25, -0.2) is 14.8 Å². The number of hydrogen-bond donors (Lipinski definition) is 0. The van der Waals surface area contributed by atoms with E-state index in [2.05, 4.69) is 4.98 Å². The topological polar surface area (TPSA) is 52.1 Å². The first kappa shape index (κ1) is 14.2. The van der Waals surface area contributed by atoms with E-state index in [9.17, 15) is 4.79 Å². The molecular weight excluding hydrogens is 264 g/mol. The van der Waals surface area contributed by atoms with Gasteiger partial charge in [0.2, 0.25) is 0 Å². The van der Waals surface area contributed by atoms with Gasteiger partial charge < -0.3 is 4.74 Å². The zero-order valence-electron chi connectivity index (χ0n) is 12.6. The first-order chi connectivity index (χ1) is 10.3. The van der Waals surface area contributed by atoms with Crippen molar-refractivity contribution in [2.75, 3.05) is 7.11 Å². The highest BCUT2D eigenvalue weighted by molar-refractivity contribution is 5.91. The Hall–Kier alpha value is -1.71. The fourth-order valence-electron chi connectivity index (χ4n) is 3.37. The second kappa shape index (κ2) is 6.37. The molecule has 1 aromatic rings. The second-order valence-corrected chi connectivity index (χ2v) is 5.98. The van der Waals surface area contributed by atoms with Crippen LogP contribution >= 0.6 is 0 Å². The van der Waals surface area contributed by atoms with Gasteiger partial charge in [0.25, 0.3) is 0 Å². The molecule has 1 aromatic heterocycles. The lowest BCUT2D eigenvalue weighted by Gasteiger charge is -2.23. The molecule has 3 rings (SSSR count). The number of esters is 1. The average molecular weight is 286 g/mol. The normalized spacial score (nSPS) is 21.1. The predicted octanol–water partition coefficient (Wildman–Crippen LogP) is 3.42. The number of aryl methyl sites for hydroxylation is 1. The molecule has 1 fully saturated rings. The summed E-state index contributed by atoms with van der Waals surface area (Å²) in [7, 11) is 1.41. The molecule has 0 aliphatic heterocycles. The number of carbonyl (C=O) groups excluding carboxylic acids is 1. The Morgan fingerprint density at radius 1 is 1.24 bits per heavy atom. The van der Waals surface area contributed by atoms with Crippen LogP contribution in [0.3, 0.4) is 0 Å². The number of fused-ring (bicyclic) bond motifs is 1. The van der Waals surface area contributed by atoms with Crippen LogP contribution in [0.1, 0.15) is 67.9 Å². The molecule has 0 atom stereocenters. The van der Waals surface area contributed by atoms with Gasteiger partial charge in [0.05, 0.1) is 12.8 Å². The fourth-order valence-corrected chi connectivity index (χ4v) is 3.37. The standard InChI is InChI=1S/C17H22N2O2/c1-21-15(20)10-13-8-5-9-14-11-18-17(19-16(13)14)12-6-3-2-4-7-12/h10-12H,2-9H2,1H3/b13-10+. The molecule has 0 radical (unpaired) electrons. The van der Waals surface area contributed by atoms with E-state index in [4.69, 9.17) is 9.72 Å². The largest absolute Gasteiger partial charge is 0.466 e. The van der Waals surface area contributed by atoms with E-state index < -0.39 is 0 Å². The lowest BCUT2D eigenvalue weighted by Crippen LogP contribution is -2.14. The van der Waals surface area contributed by atoms with E-state index in [-0.39, 0.29) is 5.97 Å². The van der Waals surface area contributed by atoms with Crippen LogP contribution in [0.2, 0.25) is 0 Å². The van der Waals surface area contributed by atoms with Crippen molar-refractivity contribution in [3.05, 3.63) is 29.4 Å². The van der Waals surface area contributed by atoms with Gasteiger partial charge in [-0.15, -0.1) is 0 Å². The van der Waals surface area contributed by atoms with Crippen LogP contribution in [0, 0.1) is 0 Å². The van der Waals surface area contributed by atoms with Crippen LogP contribution in [-0.2, 0) is 16.0 Å². The number of carbonyl (C=O) groups is 1. The quantitative estimate of drug-likeness (QED) is 0.617. The van der Waals surface area contributed by atoms with Gasteiger partial charge in [-0.05, 0) is 43.2 Å². The fraction of sp³-hybridized carbons (Fsp3) is 0.588. The minimum absolute atomic E-state index is 0.296. The molecule has 0 amide bonds. The molecule has 0 unspecified atom stereocenters. The van der Waals surface area contributed by atoms with E-state index in [1.165, 1.54) is 39.2 Å². The summed E-state index contributed by atoms with van der Waals surface area (Å²) in [6.07, 6.45) is 12.8. The lowest BCUT2D eigenvalue weighted by atomic mass is 9.87. The van der Waals surface area contributed by atoms with E-state index in [0.717, 1.165) is 41.9 Å². The summed E-state index contributed by atoms with van der Waals surface area (Å²) in [4.78, 5) is 20.9. The molecule has 0 bridgehead atoms. The third-order valence-electron chi connectivity index (χ3n) is 4.54. The van der Waals surface area contributed by atoms with Gasteiger partial charge in [0.1, 0.15) is 5.82 Å². The summed E-state index contributed by atoms with van der Waals surface area (Å²) in [6.45, 7) is 0. The molecular formula is C17H22N2O2. The molecule has 1 saturated carbocycles. The Morgan fingerprint density at radius 2 is 2.05 bits per heavy atom. The molecule has 1 heterocycles. The Morgan fingerprint density at radius 3 is 2.81 bits per heavy atom. The van der Waals surface area contributed by atoms with Gasteiger partial charge in [-0.2, -0.15) is 0 Å². The van der Waals surface area contributed by atoms with E-state index in [1.807, 2.05) is 6.20 Å².